The highest BCUT2D eigenvalue weighted by molar-refractivity contribution is 6.30. The van der Waals surface area contributed by atoms with E-state index in [-0.39, 0.29) is 10.8 Å². The highest BCUT2D eigenvalue weighted by Crippen LogP contribution is 2.33. The van der Waals surface area contributed by atoms with Crippen LogP contribution in [-0.4, -0.2) is 12.6 Å². The lowest BCUT2D eigenvalue weighted by Crippen LogP contribution is -2.34. The molecule has 1 fully saturated rings. The molecule has 0 heterocycles. The van der Waals surface area contributed by atoms with E-state index >= 15 is 0 Å². The van der Waals surface area contributed by atoms with Gasteiger partial charge in [0.05, 0.1) is 5.02 Å². The Kier molecular flexibility index (Phi) is 5.86. The van der Waals surface area contributed by atoms with Crippen molar-refractivity contribution in [1.29, 1.82) is 0 Å². The lowest BCUT2D eigenvalue weighted by molar-refractivity contribution is 0.224. The van der Waals surface area contributed by atoms with Crippen LogP contribution in [0.15, 0.2) is 18.2 Å². The summed E-state index contributed by atoms with van der Waals surface area (Å²) >= 11 is 5.88. The monoisotopic (exact) mass is 297 g/mol. The minimum atomic E-state index is -0.322. The van der Waals surface area contributed by atoms with Crippen molar-refractivity contribution in [2.75, 3.05) is 6.54 Å². The highest BCUT2D eigenvalue weighted by atomic mass is 35.5. The van der Waals surface area contributed by atoms with Crippen LogP contribution in [-0.2, 0) is 6.42 Å². The normalized spacial score (nSPS) is 23.2. The van der Waals surface area contributed by atoms with Gasteiger partial charge in [-0.25, -0.2) is 4.39 Å². The molecule has 0 spiro atoms. The maximum absolute atomic E-state index is 13.2. The van der Waals surface area contributed by atoms with Crippen molar-refractivity contribution in [2.24, 2.45) is 11.8 Å². The maximum atomic E-state index is 13.2. The van der Waals surface area contributed by atoms with Crippen LogP contribution in [0.25, 0.3) is 0 Å². The first kappa shape index (κ1) is 15.8. The van der Waals surface area contributed by atoms with E-state index < -0.39 is 0 Å². The second-order valence-electron chi connectivity index (χ2n) is 6.32. The molecule has 0 aromatic heterocycles. The maximum Gasteiger partial charge on any atom is 0.141 e. The Hall–Kier alpha value is -0.600. The largest absolute Gasteiger partial charge is 0.314 e. The van der Waals surface area contributed by atoms with E-state index in [1.807, 2.05) is 6.07 Å². The van der Waals surface area contributed by atoms with Gasteiger partial charge in [0.15, 0.2) is 0 Å². The first-order chi connectivity index (χ1) is 9.56. The summed E-state index contributed by atoms with van der Waals surface area (Å²) in [6.07, 6.45) is 6.26. The van der Waals surface area contributed by atoms with Crippen molar-refractivity contribution in [1.82, 2.24) is 5.32 Å². The van der Waals surface area contributed by atoms with Crippen LogP contribution in [0.5, 0.6) is 0 Å². The Morgan fingerprint density at radius 1 is 1.25 bits per heavy atom. The Labute approximate surface area is 126 Å². The summed E-state index contributed by atoms with van der Waals surface area (Å²) < 4.78 is 13.2. The molecule has 1 aliphatic carbocycles. The number of rotatable bonds is 5. The summed E-state index contributed by atoms with van der Waals surface area (Å²) in [5, 5.41) is 3.81. The molecule has 2 unspecified atom stereocenters. The molecule has 2 atom stereocenters. The van der Waals surface area contributed by atoms with Gasteiger partial charge in [0.1, 0.15) is 5.82 Å². The molecule has 0 radical (unpaired) electrons. The van der Waals surface area contributed by atoms with Gasteiger partial charge >= 0.3 is 0 Å². The predicted octanol–water partition coefficient (Wildman–Crippen LogP) is 4.83. The topological polar surface area (TPSA) is 12.0 Å². The number of benzene rings is 1. The van der Waals surface area contributed by atoms with Crippen molar-refractivity contribution in [3.8, 4) is 0 Å². The second kappa shape index (κ2) is 7.42. The summed E-state index contributed by atoms with van der Waals surface area (Å²) in [5.41, 5.74) is 1.16. The standard InChI is InChI=1S/C17H25ClFN/c1-12(2)20-11-15-6-4-3-5-14(15)9-13-7-8-17(19)16(18)10-13/h7-8,10,12,14-15,20H,3-6,9,11H2,1-2H3. The molecule has 1 N–H and O–H groups in total. The Morgan fingerprint density at radius 2 is 1.95 bits per heavy atom. The molecule has 112 valence electrons. The smallest absolute Gasteiger partial charge is 0.141 e. The average Bonchev–Trinajstić information content (AvgIpc) is 2.42. The zero-order valence-electron chi connectivity index (χ0n) is 12.5. The van der Waals surface area contributed by atoms with E-state index in [2.05, 4.69) is 19.2 Å². The van der Waals surface area contributed by atoms with Gasteiger partial charge in [-0.05, 0) is 55.3 Å². The first-order valence-corrected chi connectivity index (χ1v) is 8.11. The Balaban J connectivity index is 1.98. The van der Waals surface area contributed by atoms with Crippen LogP contribution in [0, 0.1) is 17.7 Å². The summed E-state index contributed by atoms with van der Waals surface area (Å²) in [6.45, 7) is 5.48. The molecule has 2 rings (SSSR count). The summed E-state index contributed by atoms with van der Waals surface area (Å²) in [4.78, 5) is 0. The second-order valence-corrected chi connectivity index (χ2v) is 6.73. The molecule has 1 aliphatic rings. The van der Waals surface area contributed by atoms with Gasteiger partial charge < -0.3 is 5.32 Å². The molecule has 1 aromatic carbocycles. The molecule has 3 heteroatoms. The molecule has 1 nitrogen and oxygen atoms in total. The fourth-order valence-electron chi connectivity index (χ4n) is 3.18. The van der Waals surface area contributed by atoms with E-state index in [0.717, 1.165) is 24.4 Å². The van der Waals surface area contributed by atoms with Crippen LogP contribution in [0.4, 0.5) is 4.39 Å². The molecule has 20 heavy (non-hydrogen) atoms. The first-order valence-electron chi connectivity index (χ1n) is 7.73. The van der Waals surface area contributed by atoms with Crippen molar-refractivity contribution in [3.63, 3.8) is 0 Å². The molecule has 0 amide bonds. The van der Waals surface area contributed by atoms with Crippen LogP contribution in [0.2, 0.25) is 5.02 Å². The molecule has 0 saturated heterocycles. The molecular formula is C17H25ClFN. The van der Waals surface area contributed by atoms with Gasteiger partial charge in [0.2, 0.25) is 0 Å². The van der Waals surface area contributed by atoms with Gasteiger partial charge in [0, 0.05) is 6.04 Å². The minimum Gasteiger partial charge on any atom is -0.314 e. The highest BCUT2D eigenvalue weighted by Gasteiger charge is 2.25. The molecular weight excluding hydrogens is 273 g/mol. The zero-order valence-corrected chi connectivity index (χ0v) is 13.2. The molecule has 0 bridgehead atoms. The van der Waals surface area contributed by atoms with Crippen LogP contribution in [0.3, 0.4) is 0 Å². The van der Waals surface area contributed by atoms with Crippen molar-refractivity contribution in [3.05, 3.63) is 34.6 Å². The number of hydrogen-bond donors (Lipinski definition) is 1. The fraction of sp³-hybridized carbons (Fsp3) is 0.647. The predicted molar refractivity (Wildman–Crippen MR) is 83.7 cm³/mol. The summed E-state index contributed by atoms with van der Waals surface area (Å²) in [5.74, 6) is 1.10. The summed E-state index contributed by atoms with van der Waals surface area (Å²) in [6, 6.07) is 5.70. The van der Waals surface area contributed by atoms with E-state index in [1.165, 1.54) is 31.7 Å². The van der Waals surface area contributed by atoms with Crippen LogP contribution < -0.4 is 5.32 Å². The van der Waals surface area contributed by atoms with Crippen molar-refractivity contribution in [2.45, 2.75) is 52.0 Å². The zero-order chi connectivity index (χ0) is 14.5. The van der Waals surface area contributed by atoms with Gasteiger partial charge in [-0.3, -0.25) is 0 Å². The number of nitrogens with one attached hydrogen (secondary N) is 1. The van der Waals surface area contributed by atoms with Gasteiger partial charge in [-0.2, -0.15) is 0 Å². The van der Waals surface area contributed by atoms with E-state index in [1.54, 1.807) is 6.07 Å². The number of halogens is 2. The van der Waals surface area contributed by atoms with Gasteiger partial charge in [-0.1, -0.05) is 44.4 Å². The third kappa shape index (κ3) is 4.46. The third-order valence-electron chi connectivity index (χ3n) is 4.34. The quantitative estimate of drug-likeness (QED) is 0.821. The Bertz CT molecular complexity index is 433. The van der Waals surface area contributed by atoms with E-state index in [4.69, 9.17) is 11.6 Å². The van der Waals surface area contributed by atoms with Crippen LogP contribution in [0.1, 0.15) is 45.1 Å². The lowest BCUT2D eigenvalue weighted by Gasteiger charge is -2.32. The molecule has 1 saturated carbocycles. The average molecular weight is 298 g/mol. The Morgan fingerprint density at radius 3 is 2.60 bits per heavy atom. The SMILES string of the molecule is CC(C)NCC1CCCCC1Cc1ccc(F)c(Cl)c1. The minimum absolute atomic E-state index is 0.246. The van der Waals surface area contributed by atoms with Crippen LogP contribution >= 0.6 is 11.6 Å². The molecule has 0 aliphatic heterocycles. The summed E-state index contributed by atoms with van der Waals surface area (Å²) in [7, 11) is 0. The fourth-order valence-corrected chi connectivity index (χ4v) is 3.38. The van der Waals surface area contributed by atoms with Crippen molar-refractivity contribution >= 4 is 11.6 Å². The molecule has 1 aromatic rings. The third-order valence-corrected chi connectivity index (χ3v) is 4.63. The van der Waals surface area contributed by atoms with Gasteiger partial charge in [0.25, 0.3) is 0 Å². The lowest BCUT2D eigenvalue weighted by atomic mass is 9.76. The van der Waals surface area contributed by atoms with E-state index in [9.17, 15) is 4.39 Å². The number of hydrogen-bond acceptors (Lipinski definition) is 1. The van der Waals surface area contributed by atoms with Crippen molar-refractivity contribution < 1.29 is 4.39 Å². The van der Waals surface area contributed by atoms with E-state index in [0.29, 0.717) is 12.0 Å². The van der Waals surface area contributed by atoms with Gasteiger partial charge in [-0.15, -0.1) is 0 Å².